The molecule has 5 heteroatoms. The zero-order valence-corrected chi connectivity index (χ0v) is 13.0. The van der Waals surface area contributed by atoms with E-state index in [1.54, 1.807) is 0 Å². The van der Waals surface area contributed by atoms with Gasteiger partial charge in [0.05, 0.1) is 15.7 Å². The first-order chi connectivity index (χ1) is 7.95. The van der Waals surface area contributed by atoms with Crippen LogP contribution < -0.4 is 11.1 Å². The van der Waals surface area contributed by atoms with Gasteiger partial charge in [0.15, 0.2) is 0 Å². The van der Waals surface area contributed by atoms with Gasteiger partial charge < -0.3 is 11.1 Å². The molecule has 1 aromatic carbocycles. The first-order valence-electron chi connectivity index (χ1n) is 5.54. The summed E-state index contributed by atoms with van der Waals surface area (Å²) >= 11 is 15.6. The van der Waals surface area contributed by atoms with E-state index >= 15 is 0 Å². The third-order valence-corrected chi connectivity index (χ3v) is 3.85. The number of benzene rings is 1. The van der Waals surface area contributed by atoms with E-state index < -0.39 is 0 Å². The summed E-state index contributed by atoms with van der Waals surface area (Å²) in [4.78, 5) is 0. The Labute approximate surface area is 121 Å². The molecule has 0 aliphatic heterocycles. The average Bonchev–Trinajstić information content (AvgIpc) is 2.21. The highest BCUT2D eigenvalue weighted by atomic mass is 79.9. The Morgan fingerprint density at radius 3 is 2.24 bits per heavy atom. The number of nitrogens with one attached hydrogen (secondary N) is 1. The zero-order valence-electron chi connectivity index (χ0n) is 9.93. The maximum atomic E-state index is 6.13. The second kappa shape index (κ2) is 6.83. The van der Waals surface area contributed by atoms with Crippen LogP contribution in [0.1, 0.15) is 13.8 Å². The van der Waals surface area contributed by atoms with Crippen LogP contribution in [0, 0.1) is 11.8 Å². The highest BCUT2D eigenvalue weighted by molar-refractivity contribution is 9.10. The van der Waals surface area contributed by atoms with Crippen LogP contribution in [0.5, 0.6) is 0 Å². The predicted octanol–water partition coefficient (Wildman–Crippen LogP) is 4.40. The minimum atomic E-state index is 0.408. The van der Waals surface area contributed by atoms with Crippen molar-refractivity contribution < 1.29 is 0 Å². The van der Waals surface area contributed by atoms with Crippen molar-refractivity contribution in [3.8, 4) is 0 Å². The maximum Gasteiger partial charge on any atom is 0.0719 e. The van der Waals surface area contributed by atoms with Crippen LogP contribution in [0.15, 0.2) is 16.6 Å². The maximum absolute atomic E-state index is 6.13. The number of rotatable bonds is 5. The largest absolute Gasteiger partial charge is 0.382 e. The van der Waals surface area contributed by atoms with Crippen LogP contribution in [-0.2, 0) is 0 Å². The summed E-state index contributed by atoms with van der Waals surface area (Å²) in [5.41, 5.74) is 6.50. The molecular weight excluding hydrogens is 323 g/mol. The molecule has 1 rings (SSSR count). The second-order valence-electron chi connectivity index (χ2n) is 4.37. The second-order valence-corrected chi connectivity index (χ2v) is 6.10. The van der Waals surface area contributed by atoms with Gasteiger partial charge in [-0.15, -0.1) is 0 Å². The summed E-state index contributed by atoms with van der Waals surface area (Å²) in [6.07, 6.45) is 0. The number of hydrogen-bond donors (Lipinski definition) is 2. The van der Waals surface area contributed by atoms with E-state index in [0.717, 1.165) is 16.7 Å². The number of halogens is 3. The molecule has 3 N–H and O–H groups in total. The topological polar surface area (TPSA) is 38.0 Å². The standard InChI is InChI=1S/C12H17BrCl2N2/c1-7(2)8(5-16)6-17-12-10(14)3-9(13)4-11(12)15/h3-4,7-8,17H,5-6,16H2,1-2H3. The molecule has 1 atom stereocenters. The van der Waals surface area contributed by atoms with E-state index in [0.29, 0.717) is 28.4 Å². The van der Waals surface area contributed by atoms with E-state index in [9.17, 15) is 0 Å². The molecule has 0 aliphatic carbocycles. The lowest BCUT2D eigenvalue weighted by Crippen LogP contribution is -2.27. The van der Waals surface area contributed by atoms with Crippen molar-refractivity contribution in [3.63, 3.8) is 0 Å². The Bertz CT molecular complexity index is 360. The van der Waals surface area contributed by atoms with Crippen LogP contribution in [-0.4, -0.2) is 13.1 Å². The van der Waals surface area contributed by atoms with Gasteiger partial charge in [-0.3, -0.25) is 0 Å². The van der Waals surface area contributed by atoms with Crippen LogP contribution in [0.25, 0.3) is 0 Å². The highest BCUT2D eigenvalue weighted by Crippen LogP contribution is 2.34. The Morgan fingerprint density at radius 2 is 1.82 bits per heavy atom. The molecule has 2 nitrogen and oxygen atoms in total. The van der Waals surface area contributed by atoms with Gasteiger partial charge in [0.1, 0.15) is 0 Å². The molecule has 0 aliphatic rings. The molecule has 96 valence electrons. The van der Waals surface area contributed by atoms with Gasteiger partial charge in [0.25, 0.3) is 0 Å². The summed E-state index contributed by atoms with van der Waals surface area (Å²) in [7, 11) is 0. The van der Waals surface area contributed by atoms with E-state index in [-0.39, 0.29) is 0 Å². The summed E-state index contributed by atoms with van der Waals surface area (Å²) in [6, 6.07) is 3.64. The monoisotopic (exact) mass is 338 g/mol. The van der Waals surface area contributed by atoms with Crippen molar-refractivity contribution in [3.05, 3.63) is 26.7 Å². The van der Waals surface area contributed by atoms with E-state index in [1.165, 1.54) is 0 Å². The van der Waals surface area contributed by atoms with Gasteiger partial charge in [-0.2, -0.15) is 0 Å². The fourth-order valence-corrected chi connectivity index (χ4v) is 2.88. The van der Waals surface area contributed by atoms with E-state index in [1.807, 2.05) is 12.1 Å². The third-order valence-electron chi connectivity index (χ3n) is 2.79. The Balaban J connectivity index is 2.75. The summed E-state index contributed by atoms with van der Waals surface area (Å²) < 4.78 is 0.872. The number of anilines is 1. The third kappa shape index (κ3) is 4.32. The quantitative estimate of drug-likeness (QED) is 0.834. The first-order valence-corrected chi connectivity index (χ1v) is 7.09. The molecule has 1 unspecified atom stereocenters. The average molecular weight is 340 g/mol. The van der Waals surface area contributed by atoms with E-state index in [4.69, 9.17) is 28.9 Å². The molecular formula is C12H17BrCl2N2. The normalized spacial score (nSPS) is 12.9. The first kappa shape index (κ1) is 15.1. The van der Waals surface area contributed by atoms with Crippen molar-refractivity contribution in [1.82, 2.24) is 0 Å². The van der Waals surface area contributed by atoms with Gasteiger partial charge in [-0.05, 0) is 30.5 Å². The molecule has 0 heterocycles. The van der Waals surface area contributed by atoms with Crippen LogP contribution in [0.3, 0.4) is 0 Å². The molecule has 0 saturated carbocycles. The van der Waals surface area contributed by atoms with Crippen molar-refractivity contribution >= 4 is 44.8 Å². The Hall–Kier alpha value is 0.0400. The number of hydrogen-bond acceptors (Lipinski definition) is 2. The Morgan fingerprint density at radius 1 is 1.29 bits per heavy atom. The van der Waals surface area contributed by atoms with Gasteiger partial charge in [-0.25, -0.2) is 0 Å². The fourth-order valence-electron chi connectivity index (χ4n) is 1.54. The molecule has 1 aromatic rings. The molecule has 0 bridgehead atoms. The zero-order chi connectivity index (χ0) is 13.0. The Kier molecular flexibility index (Phi) is 6.07. The SMILES string of the molecule is CC(C)C(CN)CNc1c(Cl)cc(Br)cc1Cl. The van der Waals surface area contributed by atoms with Crippen molar-refractivity contribution in [2.45, 2.75) is 13.8 Å². The van der Waals surface area contributed by atoms with Gasteiger partial charge >= 0.3 is 0 Å². The smallest absolute Gasteiger partial charge is 0.0719 e. The van der Waals surface area contributed by atoms with Crippen molar-refractivity contribution in [1.29, 1.82) is 0 Å². The highest BCUT2D eigenvalue weighted by Gasteiger charge is 2.13. The van der Waals surface area contributed by atoms with Crippen LogP contribution in [0.2, 0.25) is 10.0 Å². The van der Waals surface area contributed by atoms with Gasteiger partial charge in [0.2, 0.25) is 0 Å². The van der Waals surface area contributed by atoms with E-state index in [2.05, 4.69) is 35.1 Å². The molecule has 0 fully saturated rings. The molecule has 0 radical (unpaired) electrons. The van der Waals surface area contributed by atoms with Gasteiger partial charge in [-0.1, -0.05) is 53.0 Å². The molecule has 0 saturated heterocycles. The lowest BCUT2D eigenvalue weighted by Gasteiger charge is -2.21. The fraction of sp³-hybridized carbons (Fsp3) is 0.500. The summed E-state index contributed by atoms with van der Waals surface area (Å²) in [5, 5.41) is 4.51. The summed E-state index contributed by atoms with van der Waals surface area (Å²) in [6.45, 7) is 5.74. The summed E-state index contributed by atoms with van der Waals surface area (Å²) in [5.74, 6) is 0.936. The lowest BCUT2D eigenvalue weighted by molar-refractivity contribution is 0.413. The predicted molar refractivity (Wildman–Crippen MR) is 80.0 cm³/mol. The van der Waals surface area contributed by atoms with Crippen molar-refractivity contribution in [2.75, 3.05) is 18.4 Å². The minimum Gasteiger partial charge on any atom is -0.382 e. The minimum absolute atomic E-state index is 0.408. The van der Waals surface area contributed by atoms with Crippen LogP contribution >= 0.6 is 39.1 Å². The molecule has 0 aromatic heterocycles. The number of nitrogens with two attached hydrogens (primary N) is 1. The van der Waals surface area contributed by atoms with Gasteiger partial charge in [0, 0.05) is 11.0 Å². The molecule has 17 heavy (non-hydrogen) atoms. The molecule has 0 amide bonds. The van der Waals surface area contributed by atoms with Crippen molar-refractivity contribution in [2.24, 2.45) is 17.6 Å². The molecule has 0 spiro atoms. The van der Waals surface area contributed by atoms with Crippen LogP contribution in [0.4, 0.5) is 5.69 Å². The lowest BCUT2D eigenvalue weighted by atomic mass is 9.96.